The SMILES string of the molecule is COc1cc2nccc(Oc3cc(C)c(C)cc3C(C)=NOc3ccccc3)c2cc1OC. The smallest absolute Gasteiger partial charge is 0.162 e. The molecule has 33 heavy (non-hydrogen) atoms. The number of oxime groups is 1. The van der Waals surface area contributed by atoms with E-state index < -0.39 is 0 Å². The molecule has 0 radical (unpaired) electrons. The molecule has 6 nitrogen and oxygen atoms in total. The molecule has 0 saturated carbocycles. The molecule has 0 N–H and O–H groups in total. The minimum Gasteiger partial charge on any atom is -0.493 e. The average Bonchev–Trinajstić information content (AvgIpc) is 2.84. The van der Waals surface area contributed by atoms with Gasteiger partial charge >= 0.3 is 0 Å². The number of hydrogen-bond donors (Lipinski definition) is 0. The zero-order valence-corrected chi connectivity index (χ0v) is 19.4. The molecular weight excluding hydrogens is 416 g/mol. The molecule has 0 aliphatic carbocycles. The highest BCUT2D eigenvalue weighted by Crippen LogP contribution is 2.38. The van der Waals surface area contributed by atoms with Gasteiger partial charge in [-0.05, 0) is 68.3 Å². The number of fused-ring (bicyclic) bond motifs is 1. The van der Waals surface area contributed by atoms with Crippen molar-refractivity contribution in [1.82, 2.24) is 4.98 Å². The molecule has 0 atom stereocenters. The van der Waals surface area contributed by atoms with E-state index in [1.165, 1.54) is 0 Å². The first-order chi connectivity index (χ1) is 16.0. The molecule has 4 aromatic rings. The summed E-state index contributed by atoms with van der Waals surface area (Å²) in [7, 11) is 3.21. The van der Waals surface area contributed by atoms with Crippen molar-refractivity contribution in [3.8, 4) is 28.7 Å². The van der Waals surface area contributed by atoms with Crippen LogP contribution in [-0.2, 0) is 0 Å². The predicted molar refractivity (Wildman–Crippen MR) is 130 cm³/mol. The first-order valence-electron chi connectivity index (χ1n) is 10.6. The predicted octanol–water partition coefficient (Wildman–Crippen LogP) is 6.46. The van der Waals surface area contributed by atoms with E-state index in [4.69, 9.17) is 19.0 Å². The van der Waals surface area contributed by atoms with Gasteiger partial charge in [0.2, 0.25) is 0 Å². The summed E-state index contributed by atoms with van der Waals surface area (Å²) in [5, 5.41) is 5.15. The second kappa shape index (κ2) is 9.61. The van der Waals surface area contributed by atoms with E-state index in [0.29, 0.717) is 34.5 Å². The molecule has 4 rings (SSSR count). The van der Waals surface area contributed by atoms with Gasteiger partial charge in [-0.15, -0.1) is 0 Å². The Hall–Kier alpha value is -4.06. The van der Waals surface area contributed by atoms with Crippen LogP contribution in [0.3, 0.4) is 0 Å². The lowest BCUT2D eigenvalue weighted by Gasteiger charge is -2.16. The Balaban J connectivity index is 1.75. The second-order valence-corrected chi connectivity index (χ2v) is 7.65. The maximum Gasteiger partial charge on any atom is 0.162 e. The monoisotopic (exact) mass is 442 g/mol. The summed E-state index contributed by atoms with van der Waals surface area (Å²) in [5.41, 5.74) is 4.54. The Labute approximate surface area is 193 Å². The number of aromatic nitrogens is 1. The average molecular weight is 443 g/mol. The number of ether oxygens (including phenoxy) is 3. The Kier molecular flexibility index (Phi) is 6.45. The Morgan fingerprint density at radius 3 is 2.21 bits per heavy atom. The lowest BCUT2D eigenvalue weighted by atomic mass is 10.0. The quantitative estimate of drug-likeness (QED) is 0.243. The van der Waals surface area contributed by atoms with Crippen LogP contribution in [0, 0.1) is 13.8 Å². The summed E-state index contributed by atoms with van der Waals surface area (Å²) in [6.45, 7) is 6.02. The van der Waals surface area contributed by atoms with Gasteiger partial charge in [0.1, 0.15) is 11.5 Å². The summed E-state index contributed by atoms with van der Waals surface area (Å²) in [6, 6.07) is 19.1. The number of hydrogen-bond acceptors (Lipinski definition) is 6. The molecule has 6 heteroatoms. The number of methoxy groups -OCH3 is 2. The third kappa shape index (κ3) is 4.75. The molecule has 0 spiro atoms. The van der Waals surface area contributed by atoms with Crippen molar-refractivity contribution in [2.75, 3.05) is 14.2 Å². The van der Waals surface area contributed by atoms with Crippen LogP contribution >= 0.6 is 0 Å². The number of para-hydroxylation sites is 1. The Bertz CT molecular complexity index is 1320. The third-order valence-electron chi connectivity index (χ3n) is 5.44. The molecule has 0 fully saturated rings. The van der Waals surface area contributed by atoms with Gasteiger partial charge in [0.15, 0.2) is 17.2 Å². The van der Waals surface area contributed by atoms with Gasteiger partial charge in [-0.3, -0.25) is 4.98 Å². The van der Waals surface area contributed by atoms with Crippen LogP contribution in [0.15, 0.2) is 72.0 Å². The Morgan fingerprint density at radius 1 is 0.788 bits per heavy atom. The van der Waals surface area contributed by atoms with Crippen molar-refractivity contribution >= 4 is 16.6 Å². The van der Waals surface area contributed by atoms with Gasteiger partial charge in [-0.1, -0.05) is 23.4 Å². The van der Waals surface area contributed by atoms with Gasteiger partial charge in [-0.25, -0.2) is 0 Å². The van der Waals surface area contributed by atoms with Crippen molar-refractivity contribution in [2.45, 2.75) is 20.8 Å². The topological polar surface area (TPSA) is 62.2 Å². The molecule has 0 aliphatic rings. The van der Waals surface area contributed by atoms with E-state index in [1.807, 2.05) is 61.5 Å². The number of aryl methyl sites for hydroxylation is 2. The normalized spacial score (nSPS) is 11.4. The van der Waals surface area contributed by atoms with Crippen LogP contribution < -0.4 is 19.0 Å². The highest BCUT2D eigenvalue weighted by Gasteiger charge is 2.15. The van der Waals surface area contributed by atoms with Gasteiger partial charge in [-0.2, -0.15) is 0 Å². The van der Waals surface area contributed by atoms with E-state index in [0.717, 1.165) is 27.6 Å². The molecule has 0 amide bonds. The van der Waals surface area contributed by atoms with Crippen molar-refractivity contribution < 1.29 is 19.0 Å². The first kappa shape index (κ1) is 22.1. The van der Waals surface area contributed by atoms with Crippen LogP contribution in [0.5, 0.6) is 28.7 Å². The standard InChI is InChI=1S/C27H26N2O4/c1-17-13-21(19(3)29-33-20-9-7-6-8-10-20)25(14-18(17)2)32-24-11-12-28-23-16-27(31-5)26(30-4)15-22(23)24/h6-16H,1-5H3. The van der Waals surface area contributed by atoms with Crippen LogP contribution in [-0.4, -0.2) is 24.9 Å². The largest absolute Gasteiger partial charge is 0.493 e. The van der Waals surface area contributed by atoms with Crippen LogP contribution in [0.4, 0.5) is 0 Å². The van der Waals surface area contributed by atoms with E-state index >= 15 is 0 Å². The number of benzene rings is 3. The summed E-state index contributed by atoms with van der Waals surface area (Å²) < 4.78 is 17.3. The molecular formula is C27H26N2O4. The summed E-state index contributed by atoms with van der Waals surface area (Å²) in [5.74, 6) is 3.23. The molecule has 0 aliphatic heterocycles. The minimum absolute atomic E-state index is 0.608. The van der Waals surface area contributed by atoms with Crippen LogP contribution in [0.1, 0.15) is 23.6 Å². The fourth-order valence-electron chi connectivity index (χ4n) is 3.46. The summed E-state index contributed by atoms with van der Waals surface area (Å²) in [6.07, 6.45) is 1.71. The van der Waals surface area contributed by atoms with Crippen molar-refractivity contribution in [2.24, 2.45) is 5.16 Å². The molecule has 0 saturated heterocycles. The summed E-state index contributed by atoms with van der Waals surface area (Å²) in [4.78, 5) is 10.1. The molecule has 0 bridgehead atoms. The first-order valence-corrected chi connectivity index (χ1v) is 10.6. The highest BCUT2D eigenvalue weighted by atomic mass is 16.6. The van der Waals surface area contributed by atoms with E-state index in [2.05, 4.69) is 30.1 Å². The van der Waals surface area contributed by atoms with E-state index in [9.17, 15) is 0 Å². The zero-order chi connectivity index (χ0) is 23.4. The number of nitrogens with zero attached hydrogens (tertiary/aromatic N) is 2. The maximum atomic E-state index is 6.43. The van der Waals surface area contributed by atoms with Gasteiger partial charge in [0.05, 0.1) is 25.4 Å². The fraction of sp³-hybridized carbons (Fsp3) is 0.185. The van der Waals surface area contributed by atoms with Crippen molar-refractivity contribution in [3.63, 3.8) is 0 Å². The Morgan fingerprint density at radius 2 is 1.48 bits per heavy atom. The van der Waals surface area contributed by atoms with Gasteiger partial charge in [0, 0.05) is 23.2 Å². The van der Waals surface area contributed by atoms with Gasteiger partial charge < -0.3 is 19.0 Å². The lowest BCUT2D eigenvalue weighted by Crippen LogP contribution is -2.03. The van der Waals surface area contributed by atoms with E-state index in [-0.39, 0.29) is 0 Å². The van der Waals surface area contributed by atoms with E-state index in [1.54, 1.807) is 20.4 Å². The zero-order valence-electron chi connectivity index (χ0n) is 19.4. The second-order valence-electron chi connectivity index (χ2n) is 7.65. The number of rotatable bonds is 7. The van der Waals surface area contributed by atoms with Crippen molar-refractivity contribution in [1.29, 1.82) is 0 Å². The highest BCUT2D eigenvalue weighted by molar-refractivity contribution is 6.01. The minimum atomic E-state index is 0.608. The maximum absolute atomic E-state index is 6.43. The van der Waals surface area contributed by atoms with Crippen LogP contribution in [0.2, 0.25) is 0 Å². The molecule has 1 heterocycles. The molecule has 0 unspecified atom stereocenters. The van der Waals surface area contributed by atoms with Crippen LogP contribution in [0.25, 0.3) is 10.9 Å². The van der Waals surface area contributed by atoms with Gasteiger partial charge in [0.25, 0.3) is 0 Å². The number of pyridine rings is 1. The van der Waals surface area contributed by atoms with Crippen molar-refractivity contribution in [3.05, 3.63) is 83.6 Å². The molecule has 1 aromatic heterocycles. The fourth-order valence-corrected chi connectivity index (χ4v) is 3.46. The lowest BCUT2D eigenvalue weighted by molar-refractivity contribution is 0.341. The molecule has 3 aromatic carbocycles. The molecule has 168 valence electrons. The summed E-state index contributed by atoms with van der Waals surface area (Å²) >= 11 is 0. The third-order valence-corrected chi connectivity index (χ3v) is 5.44.